The van der Waals surface area contributed by atoms with E-state index in [1.807, 2.05) is 25.1 Å². The minimum Gasteiger partial charge on any atom is -0.273 e. The molecule has 3 nitrogen and oxygen atoms in total. The van der Waals surface area contributed by atoms with Crippen LogP contribution in [0, 0.1) is 0 Å². The highest BCUT2D eigenvalue weighted by molar-refractivity contribution is 5.86. The number of hydrogen-bond acceptors (Lipinski definition) is 2. The van der Waals surface area contributed by atoms with Crippen molar-refractivity contribution >= 4 is 11.6 Å². The van der Waals surface area contributed by atoms with Gasteiger partial charge in [-0.15, -0.1) is 0 Å². The van der Waals surface area contributed by atoms with Gasteiger partial charge >= 0.3 is 0 Å². The number of hydrogen-bond donors (Lipinski definition) is 1. The van der Waals surface area contributed by atoms with Gasteiger partial charge in [-0.25, -0.2) is 5.43 Å². The van der Waals surface area contributed by atoms with Crippen LogP contribution in [-0.4, -0.2) is 11.6 Å². The van der Waals surface area contributed by atoms with Gasteiger partial charge in [0.05, 0.1) is 0 Å². The number of carbonyl (C=O) groups is 1. The standard InChI is InChI=1S/C19H30N2O/c1-3-4-5-6-7-8-12-15-19(22)21-20-17(2)16-18-13-10-9-11-14-18/h9-11,13-14H,3-8,12,15-16H2,1-2H3,(H,21,22). The molecule has 0 aliphatic heterocycles. The topological polar surface area (TPSA) is 41.5 Å². The molecule has 0 bridgehead atoms. The van der Waals surface area contributed by atoms with E-state index in [4.69, 9.17) is 0 Å². The summed E-state index contributed by atoms with van der Waals surface area (Å²) >= 11 is 0. The van der Waals surface area contributed by atoms with E-state index in [1.54, 1.807) is 0 Å². The number of benzene rings is 1. The molecule has 1 rings (SSSR count). The van der Waals surface area contributed by atoms with Crippen LogP contribution in [0.5, 0.6) is 0 Å². The highest BCUT2D eigenvalue weighted by atomic mass is 16.2. The van der Waals surface area contributed by atoms with E-state index in [9.17, 15) is 4.79 Å². The van der Waals surface area contributed by atoms with Crippen molar-refractivity contribution in [2.75, 3.05) is 0 Å². The summed E-state index contributed by atoms with van der Waals surface area (Å²) in [5.41, 5.74) is 4.81. The number of amides is 1. The fraction of sp³-hybridized carbons (Fsp3) is 0.579. The Labute approximate surface area is 135 Å². The van der Waals surface area contributed by atoms with Gasteiger partial charge in [-0.05, 0) is 18.9 Å². The quantitative estimate of drug-likeness (QED) is 0.354. The van der Waals surface area contributed by atoms with Gasteiger partial charge in [-0.1, -0.05) is 75.8 Å². The SMILES string of the molecule is CCCCCCCCCC(=O)NN=C(C)Cc1ccccc1. The Kier molecular flexibility index (Phi) is 10.0. The smallest absolute Gasteiger partial charge is 0.240 e. The van der Waals surface area contributed by atoms with Gasteiger partial charge < -0.3 is 0 Å². The van der Waals surface area contributed by atoms with Crippen LogP contribution in [0.1, 0.15) is 70.8 Å². The van der Waals surface area contributed by atoms with E-state index in [-0.39, 0.29) is 5.91 Å². The minimum absolute atomic E-state index is 0.0287. The van der Waals surface area contributed by atoms with Crippen molar-refractivity contribution in [1.29, 1.82) is 0 Å². The molecule has 1 aromatic rings. The fourth-order valence-corrected chi connectivity index (χ4v) is 2.39. The first kappa shape index (κ1) is 18.4. The molecule has 0 fully saturated rings. The van der Waals surface area contributed by atoms with Gasteiger partial charge in [0.1, 0.15) is 0 Å². The van der Waals surface area contributed by atoms with Gasteiger partial charge in [-0.3, -0.25) is 4.79 Å². The fourth-order valence-electron chi connectivity index (χ4n) is 2.39. The average Bonchev–Trinajstić information content (AvgIpc) is 2.53. The normalized spacial score (nSPS) is 11.5. The van der Waals surface area contributed by atoms with Crippen LogP contribution in [0.4, 0.5) is 0 Å². The second-order valence-electron chi connectivity index (χ2n) is 5.92. The highest BCUT2D eigenvalue weighted by Gasteiger charge is 2.01. The third kappa shape index (κ3) is 9.32. The van der Waals surface area contributed by atoms with Crippen LogP contribution < -0.4 is 5.43 Å². The first-order valence-electron chi connectivity index (χ1n) is 8.58. The summed E-state index contributed by atoms with van der Waals surface area (Å²) in [6.07, 6.45) is 9.93. The van der Waals surface area contributed by atoms with E-state index in [0.717, 1.165) is 25.0 Å². The number of rotatable bonds is 11. The van der Waals surface area contributed by atoms with Gasteiger partial charge in [0.25, 0.3) is 0 Å². The summed E-state index contributed by atoms with van der Waals surface area (Å²) in [5, 5.41) is 4.18. The van der Waals surface area contributed by atoms with E-state index in [0.29, 0.717) is 6.42 Å². The molecule has 0 aliphatic rings. The second kappa shape index (κ2) is 12.0. The molecule has 0 heterocycles. The number of carbonyl (C=O) groups excluding carboxylic acids is 1. The maximum absolute atomic E-state index is 11.7. The maximum Gasteiger partial charge on any atom is 0.240 e. The van der Waals surface area contributed by atoms with Crippen LogP contribution in [0.3, 0.4) is 0 Å². The predicted molar refractivity (Wildman–Crippen MR) is 94.0 cm³/mol. The summed E-state index contributed by atoms with van der Waals surface area (Å²) in [6, 6.07) is 10.2. The van der Waals surface area contributed by atoms with E-state index >= 15 is 0 Å². The van der Waals surface area contributed by atoms with Crippen molar-refractivity contribution in [2.45, 2.75) is 71.6 Å². The molecule has 0 atom stereocenters. The Bertz CT molecular complexity index is 440. The highest BCUT2D eigenvalue weighted by Crippen LogP contribution is 2.08. The molecule has 0 radical (unpaired) electrons. The zero-order chi connectivity index (χ0) is 16.0. The lowest BCUT2D eigenvalue weighted by molar-refractivity contribution is -0.121. The molecule has 0 aromatic heterocycles. The largest absolute Gasteiger partial charge is 0.273 e. The molecule has 0 spiro atoms. The van der Waals surface area contributed by atoms with Crippen LogP contribution >= 0.6 is 0 Å². The molecule has 0 aliphatic carbocycles. The predicted octanol–water partition coefficient (Wildman–Crippen LogP) is 4.86. The summed E-state index contributed by atoms with van der Waals surface area (Å²) in [6.45, 7) is 4.17. The molecule has 0 unspecified atom stereocenters. The van der Waals surface area contributed by atoms with Crippen LogP contribution in [0.15, 0.2) is 35.4 Å². The van der Waals surface area contributed by atoms with Crippen molar-refractivity contribution in [3.63, 3.8) is 0 Å². The number of nitrogens with one attached hydrogen (secondary N) is 1. The van der Waals surface area contributed by atoms with Gasteiger partial charge in [0.2, 0.25) is 5.91 Å². The van der Waals surface area contributed by atoms with Crippen molar-refractivity contribution in [2.24, 2.45) is 5.10 Å². The molecule has 122 valence electrons. The third-order valence-electron chi connectivity index (χ3n) is 3.68. The minimum atomic E-state index is 0.0287. The molecule has 1 N–H and O–H groups in total. The monoisotopic (exact) mass is 302 g/mol. The zero-order valence-corrected chi connectivity index (χ0v) is 14.1. The summed E-state index contributed by atoms with van der Waals surface area (Å²) in [4.78, 5) is 11.7. The summed E-state index contributed by atoms with van der Waals surface area (Å²) in [7, 11) is 0. The molecule has 1 aromatic carbocycles. The van der Waals surface area contributed by atoms with Crippen LogP contribution in [-0.2, 0) is 11.2 Å². The van der Waals surface area contributed by atoms with Crippen LogP contribution in [0.2, 0.25) is 0 Å². The van der Waals surface area contributed by atoms with Crippen LogP contribution in [0.25, 0.3) is 0 Å². The lowest BCUT2D eigenvalue weighted by Crippen LogP contribution is -2.19. The molecule has 1 amide bonds. The molecular weight excluding hydrogens is 272 g/mol. The molecule has 0 saturated carbocycles. The Balaban J connectivity index is 2.10. The molecule has 3 heteroatoms. The first-order valence-corrected chi connectivity index (χ1v) is 8.58. The summed E-state index contributed by atoms with van der Waals surface area (Å²) < 4.78 is 0. The van der Waals surface area contributed by atoms with Crippen molar-refractivity contribution in [3.8, 4) is 0 Å². The average molecular weight is 302 g/mol. The van der Waals surface area contributed by atoms with Gasteiger partial charge in [0.15, 0.2) is 0 Å². The van der Waals surface area contributed by atoms with Crippen molar-refractivity contribution in [3.05, 3.63) is 35.9 Å². The van der Waals surface area contributed by atoms with Crippen molar-refractivity contribution < 1.29 is 4.79 Å². The lowest BCUT2D eigenvalue weighted by Gasteiger charge is -2.03. The Morgan fingerprint density at radius 2 is 1.64 bits per heavy atom. The second-order valence-corrected chi connectivity index (χ2v) is 5.92. The van der Waals surface area contributed by atoms with Gasteiger partial charge in [-0.2, -0.15) is 5.10 Å². The number of unbranched alkanes of at least 4 members (excludes halogenated alkanes) is 6. The Hall–Kier alpha value is -1.64. The molecule has 0 saturated heterocycles. The maximum atomic E-state index is 11.7. The Morgan fingerprint density at radius 3 is 2.32 bits per heavy atom. The zero-order valence-electron chi connectivity index (χ0n) is 14.1. The van der Waals surface area contributed by atoms with E-state index < -0.39 is 0 Å². The molecule has 22 heavy (non-hydrogen) atoms. The van der Waals surface area contributed by atoms with E-state index in [1.165, 1.54) is 37.7 Å². The lowest BCUT2D eigenvalue weighted by atomic mass is 10.1. The van der Waals surface area contributed by atoms with Crippen molar-refractivity contribution in [1.82, 2.24) is 5.43 Å². The third-order valence-corrected chi connectivity index (χ3v) is 3.68. The molecular formula is C19H30N2O. The van der Waals surface area contributed by atoms with E-state index in [2.05, 4.69) is 29.6 Å². The number of nitrogens with zero attached hydrogens (tertiary/aromatic N) is 1. The van der Waals surface area contributed by atoms with Gasteiger partial charge in [0, 0.05) is 18.6 Å². The number of hydrazone groups is 1. The summed E-state index contributed by atoms with van der Waals surface area (Å²) in [5.74, 6) is 0.0287. The Morgan fingerprint density at radius 1 is 1.00 bits per heavy atom. The first-order chi connectivity index (χ1) is 10.7.